The van der Waals surface area contributed by atoms with E-state index >= 15 is 0 Å². The number of urea groups is 1. The fraction of sp³-hybridized carbons (Fsp3) is 0.529. The molecular formula is C17H24N2O3. The summed E-state index contributed by atoms with van der Waals surface area (Å²) in [6.07, 6.45) is 4.04. The molecule has 0 heterocycles. The Morgan fingerprint density at radius 3 is 2.64 bits per heavy atom. The maximum atomic E-state index is 12.1. The minimum atomic E-state index is -0.264. The first-order valence-corrected chi connectivity index (χ1v) is 7.81. The van der Waals surface area contributed by atoms with Gasteiger partial charge in [0, 0.05) is 29.8 Å². The van der Waals surface area contributed by atoms with Gasteiger partial charge in [-0.1, -0.05) is 12.8 Å². The zero-order chi connectivity index (χ0) is 16.1. The summed E-state index contributed by atoms with van der Waals surface area (Å²) in [7, 11) is 0. The van der Waals surface area contributed by atoms with Crippen LogP contribution in [0, 0.1) is 12.8 Å². The number of nitrogens with one attached hydrogen (secondary N) is 2. The van der Waals surface area contributed by atoms with Gasteiger partial charge in [0.05, 0.1) is 0 Å². The number of rotatable bonds is 4. The Bertz CT molecular complexity index is 557. The first-order valence-electron chi connectivity index (χ1n) is 7.81. The number of anilines is 1. The number of aryl methyl sites for hydroxylation is 1. The van der Waals surface area contributed by atoms with Gasteiger partial charge in [-0.3, -0.25) is 4.79 Å². The molecular weight excluding hydrogens is 280 g/mol. The van der Waals surface area contributed by atoms with Gasteiger partial charge in [-0.2, -0.15) is 0 Å². The van der Waals surface area contributed by atoms with Crippen LogP contribution in [0.15, 0.2) is 18.2 Å². The molecule has 120 valence electrons. The molecule has 1 fully saturated rings. The van der Waals surface area contributed by atoms with Crippen molar-refractivity contribution in [2.75, 3.05) is 11.9 Å². The number of hydrogen-bond acceptors (Lipinski definition) is 3. The van der Waals surface area contributed by atoms with E-state index in [0.717, 1.165) is 31.2 Å². The van der Waals surface area contributed by atoms with E-state index in [4.69, 9.17) is 0 Å². The number of ketones is 1. The first kappa shape index (κ1) is 16.5. The smallest absolute Gasteiger partial charge is 0.319 e. The third-order valence-electron chi connectivity index (χ3n) is 4.32. The normalized spacial score (nSPS) is 21.2. The van der Waals surface area contributed by atoms with Crippen molar-refractivity contribution in [1.29, 1.82) is 0 Å². The summed E-state index contributed by atoms with van der Waals surface area (Å²) in [5.41, 5.74) is 2.17. The van der Waals surface area contributed by atoms with Crippen LogP contribution in [0.3, 0.4) is 0 Å². The number of carbonyl (C=O) groups excluding carboxylic acids is 2. The molecule has 1 aromatic rings. The fourth-order valence-electron chi connectivity index (χ4n) is 3.09. The number of Topliss-reactive ketones (excluding diaryl/α,β-unsaturated/α-hetero) is 1. The lowest BCUT2D eigenvalue weighted by Crippen LogP contribution is -2.45. The van der Waals surface area contributed by atoms with Gasteiger partial charge in [-0.25, -0.2) is 4.79 Å². The Morgan fingerprint density at radius 2 is 2.00 bits per heavy atom. The van der Waals surface area contributed by atoms with Crippen LogP contribution in [0.4, 0.5) is 10.5 Å². The third-order valence-corrected chi connectivity index (χ3v) is 4.32. The van der Waals surface area contributed by atoms with Crippen molar-refractivity contribution in [3.8, 4) is 0 Å². The lowest BCUT2D eigenvalue weighted by atomic mass is 9.85. The van der Waals surface area contributed by atoms with E-state index in [-0.39, 0.29) is 30.4 Å². The number of hydrogen-bond donors (Lipinski definition) is 3. The van der Waals surface area contributed by atoms with Crippen LogP contribution in [0.1, 0.15) is 48.5 Å². The lowest BCUT2D eigenvalue weighted by molar-refractivity contribution is 0.101. The molecule has 1 aromatic carbocycles. The molecule has 1 aliphatic rings. The van der Waals surface area contributed by atoms with E-state index in [1.165, 1.54) is 6.92 Å². The van der Waals surface area contributed by atoms with Gasteiger partial charge in [0.15, 0.2) is 5.78 Å². The minimum absolute atomic E-state index is 0.0153. The largest absolute Gasteiger partial charge is 0.396 e. The summed E-state index contributed by atoms with van der Waals surface area (Å²) in [5.74, 6) is 0.155. The van der Waals surface area contributed by atoms with Crippen molar-refractivity contribution in [3.05, 3.63) is 29.3 Å². The number of carbonyl (C=O) groups is 2. The molecule has 2 atom stereocenters. The van der Waals surface area contributed by atoms with Crippen LogP contribution in [-0.4, -0.2) is 29.6 Å². The standard InChI is InChI=1S/C17H24N2O3/c1-11-9-14(7-8-15(11)12(2)21)18-17(22)19-16-6-4-3-5-13(16)10-20/h7-9,13,16,20H,3-6,10H2,1-2H3,(H2,18,19,22). The maximum absolute atomic E-state index is 12.1. The molecule has 2 unspecified atom stereocenters. The van der Waals surface area contributed by atoms with E-state index in [1.807, 2.05) is 6.92 Å². The van der Waals surface area contributed by atoms with Gasteiger partial charge < -0.3 is 15.7 Å². The van der Waals surface area contributed by atoms with Crippen LogP contribution in [0.25, 0.3) is 0 Å². The monoisotopic (exact) mass is 304 g/mol. The minimum Gasteiger partial charge on any atom is -0.396 e. The van der Waals surface area contributed by atoms with Gasteiger partial charge in [-0.05, 0) is 50.5 Å². The molecule has 0 saturated heterocycles. The maximum Gasteiger partial charge on any atom is 0.319 e. The molecule has 0 radical (unpaired) electrons. The summed E-state index contributed by atoms with van der Waals surface area (Å²) < 4.78 is 0. The van der Waals surface area contributed by atoms with Crippen LogP contribution in [0.5, 0.6) is 0 Å². The predicted molar refractivity (Wildman–Crippen MR) is 86.2 cm³/mol. The summed E-state index contributed by atoms with van der Waals surface area (Å²) in [6.45, 7) is 3.49. The Labute approximate surface area is 131 Å². The highest BCUT2D eigenvalue weighted by molar-refractivity contribution is 5.96. The van der Waals surface area contributed by atoms with E-state index < -0.39 is 0 Å². The highest BCUT2D eigenvalue weighted by Crippen LogP contribution is 2.24. The van der Waals surface area contributed by atoms with Gasteiger partial charge in [0.25, 0.3) is 0 Å². The molecule has 2 amide bonds. The van der Waals surface area contributed by atoms with Crippen LogP contribution in [0.2, 0.25) is 0 Å². The highest BCUT2D eigenvalue weighted by Gasteiger charge is 2.25. The Balaban J connectivity index is 1.97. The van der Waals surface area contributed by atoms with Gasteiger partial charge in [-0.15, -0.1) is 0 Å². The number of aliphatic hydroxyl groups is 1. The molecule has 0 bridgehead atoms. The molecule has 1 saturated carbocycles. The second kappa shape index (κ2) is 7.40. The number of benzene rings is 1. The second-order valence-corrected chi connectivity index (χ2v) is 6.02. The molecule has 5 nitrogen and oxygen atoms in total. The molecule has 1 aliphatic carbocycles. The Hall–Kier alpha value is -1.88. The molecule has 2 rings (SSSR count). The Kier molecular flexibility index (Phi) is 5.55. The molecule has 5 heteroatoms. The molecule has 22 heavy (non-hydrogen) atoms. The topological polar surface area (TPSA) is 78.4 Å². The fourth-order valence-corrected chi connectivity index (χ4v) is 3.09. The first-order chi connectivity index (χ1) is 10.5. The zero-order valence-corrected chi connectivity index (χ0v) is 13.2. The van der Waals surface area contributed by atoms with Gasteiger partial charge in [0.1, 0.15) is 0 Å². The molecule has 0 spiro atoms. The van der Waals surface area contributed by atoms with Crippen LogP contribution >= 0.6 is 0 Å². The summed E-state index contributed by atoms with van der Waals surface area (Å²) in [4.78, 5) is 23.5. The van der Waals surface area contributed by atoms with Gasteiger partial charge in [0.2, 0.25) is 0 Å². The third kappa shape index (κ3) is 4.07. The molecule has 0 aliphatic heterocycles. The zero-order valence-electron chi connectivity index (χ0n) is 13.2. The van der Waals surface area contributed by atoms with Crippen molar-refractivity contribution in [3.63, 3.8) is 0 Å². The van der Waals surface area contributed by atoms with E-state index in [1.54, 1.807) is 18.2 Å². The van der Waals surface area contributed by atoms with Crippen molar-refractivity contribution in [1.82, 2.24) is 5.32 Å². The summed E-state index contributed by atoms with van der Waals surface area (Å²) in [6, 6.07) is 5.01. The molecule has 0 aromatic heterocycles. The van der Waals surface area contributed by atoms with E-state index in [0.29, 0.717) is 11.3 Å². The summed E-state index contributed by atoms with van der Waals surface area (Å²) in [5, 5.41) is 15.1. The average Bonchev–Trinajstić information content (AvgIpc) is 2.47. The van der Waals surface area contributed by atoms with E-state index in [2.05, 4.69) is 10.6 Å². The van der Waals surface area contributed by atoms with Crippen molar-refractivity contribution in [2.24, 2.45) is 5.92 Å². The second-order valence-electron chi connectivity index (χ2n) is 6.02. The van der Waals surface area contributed by atoms with Crippen molar-refractivity contribution in [2.45, 2.75) is 45.6 Å². The highest BCUT2D eigenvalue weighted by atomic mass is 16.3. The Morgan fingerprint density at radius 1 is 1.27 bits per heavy atom. The number of amides is 2. The predicted octanol–water partition coefficient (Wildman–Crippen LogP) is 2.87. The SMILES string of the molecule is CC(=O)c1ccc(NC(=O)NC2CCCCC2CO)cc1C. The van der Waals surface area contributed by atoms with Crippen LogP contribution < -0.4 is 10.6 Å². The lowest BCUT2D eigenvalue weighted by Gasteiger charge is -2.30. The summed E-state index contributed by atoms with van der Waals surface area (Å²) >= 11 is 0. The van der Waals surface area contributed by atoms with Crippen molar-refractivity contribution >= 4 is 17.5 Å². The average molecular weight is 304 g/mol. The van der Waals surface area contributed by atoms with Gasteiger partial charge >= 0.3 is 6.03 Å². The molecule has 3 N–H and O–H groups in total. The van der Waals surface area contributed by atoms with Crippen molar-refractivity contribution < 1.29 is 14.7 Å². The van der Waals surface area contributed by atoms with E-state index in [9.17, 15) is 14.7 Å². The quantitative estimate of drug-likeness (QED) is 0.748. The van der Waals surface area contributed by atoms with Crippen LogP contribution in [-0.2, 0) is 0 Å². The number of aliphatic hydroxyl groups excluding tert-OH is 1.